The van der Waals surface area contributed by atoms with E-state index in [1.165, 1.54) is 19.3 Å². The molecule has 2 rings (SSSR count). The molecule has 2 atom stereocenters. The molecule has 0 amide bonds. The number of methoxy groups -OCH3 is 1. The maximum atomic E-state index is 5.97. The molecule has 2 unspecified atom stereocenters. The zero-order valence-electron chi connectivity index (χ0n) is 10.0. The Labute approximate surface area is 93.0 Å². The van der Waals surface area contributed by atoms with Crippen molar-refractivity contribution in [2.24, 2.45) is 11.7 Å². The Kier molecular flexibility index (Phi) is 3.33. The van der Waals surface area contributed by atoms with Gasteiger partial charge >= 0.3 is 0 Å². The highest BCUT2D eigenvalue weighted by atomic mass is 16.5. The van der Waals surface area contributed by atoms with Crippen molar-refractivity contribution < 1.29 is 4.74 Å². The van der Waals surface area contributed by atoms with Crippen LogP contribution in [0.15, 0.2) is 0 Å². The van der Waals surface area contributed by atoms with Crippen molar-refractivity contribution in [1.82, 2.24) is 4.90 Å². The summed E-state index contributed by atoms with van der Waals surface area (Å²) >= 11 is 0. The van der Waals surface area contributed by atoms with E-state index in [0.717, 1.165) is 32.0 Å². The van der Waals surface area contributed by atoms with E-state index in [2.05, 4.69) is 11.8 Å². The highest BCUT2D eigenvalue weighted by Crippen LogP contribution is 2.39. The number of ether oxygens (including phenoxy) is 1. The summed E-state index contributed by atoms with van der Waals surface area (Å²) in [5.41, 5.74) is 6.18. The van der Waals surface area contributed by atoms with E-state index in [9.17, 15) is 0 Å². The Morgan fingerprint density at radius 2 is 2.13 bits per heavy atom. The van der Waals surface area contributed by atoms with Crippen molar-refractivity contribution in [3.63, 3.8) is 0 Å². The number of rotatable bonds is 5. The van der Waals surface area contributed by atoms with Gasteiger partial charge in [0.15, 0.2) is 0 Å². The minimum Gasteiger partial charge on any atom is -0.380 e. The fourth-order valence-corrected chi connectivity index (χ4v) is 2.70. The molecule has 2 aliphatic rings. The molecular formula is C12H24N2O. The summed E-state index contributed by atoms with van der Waals surface area (Å²) in [5.74, 6) is 0.945. The molecule has 0 radical (unpaired) electrons. The molecule has 1 saturated heterocycles. The zero-order chi connectivity index (χ0) is 10.9. The van der Waals surface area contributed by atoms with Crippen LogP contribution in [0.1, 0.15) is 32.6 Å². The van der Waals surface area contributed by atoms with Gasteiger partial charge in [0, 0.05) is 32.3 Å². The maximum Gasteiger partial charge on any atom is 0.0710 e. The molecule has 15 heavy (non-hydrogen) atoms. The van der Waals surface area contributed by atoms with E-state index in [-0.39, 0.29) is 5.54 Å². The van der Waals surface area contributed by atoms with E-state index >= 15 is 0 Å². The molecule has 0 aromatic rings. The van der Waals surface area contributed by atoms with Crippen molar-refractivity contribution >= 4 is 0 Å². The van der Waals surface area contributed by atoms with Crippen molar-refractivity contribution in [2.45, 2.75) is 44.2 Å². The first kappa shape index (κ1) is 11.4. The standard InChI is InChI=1S/C12H24N2O/c1-12(9-13,7-10-3-4-10)14-6-5-11(8-14)15-2/h10-11H,3-9,13H2,1-2H3. The molecule has 0 spiro atoms. The van der Waals surface area contributed by atoms with Crippen molar-refractivity contribution in [2.75, 3.05) is 26.7 Å². The summed E-state index contributed by atoms with van der Waals surface area (Å²) in [5, 5.41) is 0. The quantitative estimate of drug-likeness (QED) is 0.745. The Morgan fingerprint density at radius 1 is 1.40 bits per heavy atom. The van der Waals surface area contributed by atoms with Gasteiger partial charge in [-0.1, -0.05) is 12.8 Å². The summed E-state index contributed by atoms with van der Waals surface area (Å²) in [7, 11) is 1.81. The molecule has 3 nitrogen and oxygen atoms in total. The first-order chi connectivity index (χ1) is 7.18. The largest absolute Gasteiger partial charge is 0.380 e. The molecule has 1 saturated carbocycles. The van der Waals surface area contributed by atoms with Gasteiger partial charge in [-0.05, 0) is 25.7 Å². The molecule has 2 N–H and O–H groups in total. The minimum absolute atomic E-state index is 0.217. The fourth-order valence-electron chi connectivity index (χ4n) is 2.70. The minimum atomic E-state index is 0.217. The number of nitrogens with two attached hydrogens (primary N) is 1. The van der Waals surface area contributed by atoms with Gasteiger partial charge < -0.3 is 10.5 Å². The number of nitrogens with zero attached hydrogens (tertiary/aromatic N) is 1. The van der Waals surface area contributed by atoms with Crippen LogP contribution in [0.5, 0.6) is 0 Å². The average Bonchev–Trinajstić information content (AvgIpc) is 2.91. The highest BCUT2D eigenvalue weighted by Gasteiger charge is 2.39. The van der Waals surface area contributed by atoms with Crippen molar-refractivity contribution in [3.05, 3.63) is 0 Å². The molecule has 1 aliphatic carbocycles. The smallest absolute Gasteiger partial charge is 0.0710 e. The van der Waals surface area contributed by atoms with E-state index in [1.807, 2.05) is 7.11 Å². The molecule has 2 fully saturated rings. The van der Waals surface area contributed by atoms with Crippen LogP contribution < -0.4 is 5.73 Å². The topological polar surface area (TPSA) is 38.5 Å². The Bertz CT molecular complexity index is 218. The lowest BCUT2D eigenvalue weighted by atomic mass is 9.93. The van der Waals surface area contributed by atoms with Gasteiger partial charge in [0.25, 0.3) is 0 Å². The predicted molar refractivity (Wildman–Crippen MR) is 61.8 cm³/mol. The zero-order valence-corrected chi connectivity index (χ0v) is 10.0. The van der Waals surface area contributed by atoms with Crippen LogP contribution in [0.25, 0.3) is 0 Å². The molecule has 88 valence electrons. The summed E-state index contributed by atoms with van der Waals surface area (Å²) in [6, 6.07) is 0. The van der Waals surface area contributed by atoms with Crippen LogP contribution >= 0.6 is 0 Å². The van der Waals surface area contributed by atoms with Crippen LogP contribution in [-0.2, 0) is 4.74 Å². The second kappa shape index (κ2) is 4.40. The van der Waals surface area contributed by atoms with Crippen LogP contribution in [0.4, 0.5) is 0 Å². The third kappa shape index (κ3) is 2.52. The van der Waals surface area contributed by atoms with Gasteiger partial charge in [0.1, 0.15) is 0 Å². The Morgan fingerprint density at radius 3 is 2.60 bits per heavy atom. The second-order valence-corrected chi connectivity index (χ2v) is 5.44. The average molecular weight is 212 g/mol. The lowest BCUT2D eigenvalue weighted by Crippen LogP contribution is -2.51. The normalized spacial score (nSPS) is 31.8. The van der Waals surface area contributed by atoms with Crippen LogP contribution in [0.3, 0.4) is 0 Å². The molecule has 0 aromatic heterocycles. The second-order valence-electron chi connectivity index (χ2n) is 5.44. The van der Waals surface area contributed by atoms with E-state index in [4.69, 9.17) is 10.5 Å². The van der Waals surface area contributed by atoms with Crippen LogP contribution in [0, 0.1) is 5.92 Å². The Hall–Kier alpha value is -0.120. The molecule has 0 aromatic carbocycles. The SMILES string of the molecule is COC1CCN(C(C)(CN)CC2CC2)C1. The first-order valence-corrected chi connectivity index (χ1v) is 6.16. The van der Waals surface area contributed by atoms with Crippen LogP contribution in [0.2, 0.25) is 0 Å². The van der Waals surface area contributed by atoms with Gasteiger partial charge in [-0.3, -0.25) is 4.90 Å². The maximum absolute atomic E-state index is 5.97. The van der Waals surface area contributed by atoms with E-state index in [1.54, 1.807) is 0 Å². The molecular weight excluding hydrogens is 188 g/mol. The van der Waals surface area contributed by atoms with Gasteiger partial charge in [0.2, 0.25) is 0 Å². The molecule has 1 aliphatic heterocycles. The van der Waals surface area contributed by atoms with E-state index < -0.39 is 0 Å². The lowest BCUT2D eigenvalue weighted by Gasteiger charge is -2.38. The molecule has 1 heterocycles. The van der Waals surface area contributed by atoms with Crippen molar-refractivity contribution in [1.29, 1.82) is 0 Å². The Balaban J connectivity index is 1.92. The molecule has 0 bridgehead atoms. The monoisotopic (exact) mass is 212 g/mol. The van der Waals surface area contributed by atoms with E-state index in [0.29, 0.717) is 6.10 Å². The third-order valence-electron chi connectivity index (χ3n) is 4.11. The number of likely N-dealkylation sites (tertiary alicyclic amines) is 1. The summed E-state index contributed by atoms with van der Waals surface area (Å²) in [4.78, 5) is 2.54. The van der Waals surface area contributed by atoms with Gasteiger partial charge in [0.05, 0.1) is 6.10 Å². The molecule has 3 heteroatoms. The summed E-state index contributed by atoms with van der Waals surface area (Å²) in [6.45, 7) is 5.32. The fraction of sp³-hybridized carbons (Fsp3) is 1.00. The first-order valence-electron chi connectivity index (χ1n) is 6.16. The summed E-state index contributed by atoms with van der Waals surface area (Å²) in [6.07, 6.45) is 5.69. The lowest BCUT2D eigenvalue weighted by molar-refractivity contribution is 0.0743. The third-order valence-corrected chi connectivity index (χ3v) is 4.11. The van der Waals surface area contributed by atoms with Crippen molar-refractivity contribution in [3.8, 4) is 0 Å². The van der Waals surface area contributed by atoms with Gasteiger partial charge in [-0.2, -0.15) is 0 Å². The predicted octanol–water partition coefficient (Wildman–Crippen LogP) is 1.22. The van der Waals surface area contributed by atoms with Gasteiger partial charge in [-0.25, -0.2) is 0 Å². The number of hydrogen-bond acceptors (Lipinski definition) is 3. The number of hydrogen-bond donors (Lipinski definition) is 1. The van der Waals surface area contributed by atoms with Gasteiger partial charge in [-0.15, -0.1) is 0 Å². The summed E-state index contributed by atoms with van der Waals surface area (Å²) < 4.78 is 5.42. The van der Waals surface area contributed by atoms with Crippen LogP contribution in [-0.4, -0.2) is 43.3 Å². The highest BCUT2D eigenvalue weighted by molar-refractivity contribution is 4.96.